The molecule has 0 unspecified atom stereocenters. The summed E-state index contributed by atoms with van der Waals surface area (Å²) in [6.07, 6.45) is -0.540. The Morgan fingerprint density at radius 2 is 1.68 bits per heavy atom. The van der Waals surface area contributed by atoms with Crippen LogP contribution in [-0.2, 0) is 20.5 Å². The van der Waals surface area contributed by atoms with Crippen molar-refractivity contribution in [3.8, 4) is 5.75 Å². The number of rotatable bonds is 6. The molecule has 2 bridgehead atoms. The number of nitrogens with zero attached hydrogens (tertiary/aromatic N) is 2. The number of amides is 1. The van der Waals surface area contributed by atoms with E-state index >= 15 is 0 Å². The molecule has 222 valence electrons. The molecule has 5 rings (SSSR count). The molecule has 3 aliphatic rings. The van der Waals surface area contributed by atoms with Gasteiger partial charge in [0.25, 0.3) is 0 Å². The minimum absolute atomic E-state index is 0.0110. The fraction of sp³-hybridized carbons (Fsp3) is 0.562. The Labute approximate surface area is 245 Å². The standard InChI is InChI=1S/C32H44N2O6Si/c1-31(2,3)39-30(36)34-24-18-33-17-22(28(27(24)34)40-41(8,9)32(4,5)6)26-23(33)15-21(29(35)37-7)16-25(26)38-19-20-13-11-10-12-14-20/h10-16,22,24,27-28H,17-19H2,1-9H3/t22-,24+,27+,28+,34?/m1/s1. The summed E-state index contributed by atoms with van der Waals surface area (Å²) in [4.78, 5) is 30.2. The van der Waals surface area contributed by atoms with Gasteiger partial charge in [0.05, 0.1) is 30.9 Å². The predicted octanol–water partition coefficient (Wildman–Crippen LogP) is 6.35. The zero-order valence-electron chi connectivity index (χ0n) is 25.8. The van der Waals surface area contributed by atoms with E-state index in [9.17, 15) is 9.59 Å². The average molecular weight is 581 g/mol. The first kappa shape index (κ1) is 29.4. The summed E-state index contributed by atoms with van der Waals surface area (Å²) in [5.74, 6) is 0.205. The molecule has 2 aromatic rings. The Bertz CT molecular complexity index is 1320. The monoisotopic (exact) mass is 580 g/mol. The topological polar surface area (TPSA) is 77.3 Å². The van der Waals surface area contributed by atoms with Gasteiger partial charge in [-0.05, 0) is 56.6 Å². The lowest BCUT2D eigenvalue weighted by atomic mass is 9.90. The molecule has 0 aromatic heterocycles. The molecule has 4 atom stereocenters. The number of anilines is 1. The van der Waals surface area contributed by atoms with Gasteiger partial charge in [0.1, 0.15) is 18.0 Å². The number of fused-ring (bicyclic) bond motifs is 6. The molecule has 2 aromatic carbocycles. The first-order chi connectivity index (χ1) is 19.1. The number of hydrogen-bond donors (Lipinski definition) is 0. The van der Waals surface area contributed by atoms with E-state index in [1.165, 1.54) is 7.11 Å². The molecule has 3 heterocycles. The number of esters is 1. The van der Waals surface area contributed by atoms with Crippen molar-refractivity contribution in [2.75, 3.05) is 25.1 Å². The highest BCUT2D eigenvalue weighted by Crippen LogP contribution is 2.54. The SMILES string of the molecule is COC(=O)c1cc(OCc2ccccc2)c2c(c1)N1C[C@H]2[C@H](O[Si](C)(C)C(C)(C)C)[C@@H]2[C@H](C1)N2C(=O)OC(C)(C)C. The molecule has 0 aliphatic carbocycles. The van der Waals surface area contributed by atoms with Crippen molar-refractivity contribution in [3.05, 3.63) is 59.2 Å². The van der Waals surface area contributed by atoms with Gasteiger partial charge in [0.15, 0.2) is 8.32 Å². The minimum atomic E-state index is -2.24. The molecule has 3 aliphatic heterocycles. The van der Waals surface area contributed by atoms with E-state index in [0.29, 0.717) is 24.5 Å². The van der Waals surface area contributed by atoms with Crippen LogP contribution in [0.5, 0.6) is 5.75 Å². The van der Waals surface area contributed by atoms with Crippen LogP contribution in [0.1, 0.15) is 68.9 Å². The molecule has 41 heavy (non-hydrogen) atoms. The second kappa shape index (κ2) is 10.3. The Kier molecular flexibility index (Phi) is 7.43. The third-order valence-electron chi connectivity index (χ3n) is 8.87. The van der Waals surface area contributed by atoms with Gasteiger partial charge in [0.2, 0.25) is 0 Å². The van der Waals surface area contributed by atoms with Crippen molar-refractivity contribution in [2.24, 2.45) is 0 Å². The van der Waals surface area contributed by atoms with Gasteiger partial charge in [-0.25, -0.2) is 9.59 Å². The molecule has 0 N–H and O–H groups in total. The molecular weight excluding hydrogens is 536 g/mol. The lowest BCUT2D eigenvalue weighted by Crippen LogP contribution is -2.48. The summed E-state index contributed by atoms with van der Waals surface area (Å²) in [5.41, 5.74) is 2.87. The largest absolute Gasteiger partial charge is 0.489 e. The Morgan fingerprint density at radius 3 is 2.29 bits per heavy atom. The summed E-state index contributed by atoms with van der Waals surface area (Å²) in [5, 5.41) is -0.0110. The summed E-state index contributed by atoms with van der Waals surface area (Å²) < 4.78 is 24.6. The summed E-state index contributed by atoms with van der Waals surface area (Å²) >= 11 is 0. The average Bonchev–Trinajstić information content (AvgIpc) is 3.50. The number of hydrogen-bond acceptors (Lipinski definition) is 7. The highest BCUT2D eigenvalue weighted by molar-refractivity contribution is 6.74. The number of ether oxygens (including phenoxy) is 3. The van der Waals surface area contributed by atoms with Crippen LogP contribution in [0.2, 0.25) is 18.1 Å². The third-order valence-corrected chi connectivity index (χ3v) is 13.3. The van der Waals surface area contributed by atoms with Crippen LogP contribution >= 0.6 is 0 Å². The van der Waals surface area contributed by atoms with Crippen molar-refractivity contribution in [3.63, 3.8) is 0 Å². The maximum Gasteiger partial charge on any atom is 0.411 e. The minimum Gasteiger partial charge on any atom is -0.489 e. The van der Waals surface area contributed by atoms with E-state index in [1.807, 2.05) is 62.1 Å². The molecule has 9 heteroatoms. The summed E-state index contributed by atoms with van der Waals surface area (Å²) in [6, 6.07) is 13.6. The molecule has 0 spiro atoms. The van der Waals surface area contributed by atoms with Gasteiger partial charge in [-0.2, -0.15) is 0 Å². The van der Waals surface area contributed by atoms with Gasteiger partial charge >= 0.3 is 12.1 Å². The van der Waals surface area contributed by atoms with Crippen molar-refractivity contribution in [1.82, 2.24) is 4.90 Å². The molecule has 2 fully saturated rings. The number of carbonyl (C=O) groups excluding carboxylic acids is 2. The van der Waals surface area contributed by atoms with Crippen LogP contribution in [0.4, 0.5) is 10.5 Å². The maximum atomic E-state index is 13.4. The predicted molar refractivity (Wildman–Crippen MR) is 161 cm³/mol. The molecular formula is C32H44N2O6Si. The second-order valence-electron chi connectivity index (χ2n) is 14.0. The highest BCUT2D eigenvalue weighted by atomic mass is 28.4. The number of benzene rings is 2. The quantitative estimate of drug-likeness (QED) is 0.224. The van der Waals surface area contributed by atoms with E-state index < -0.39 is 19.9 Å². The van der Waals surface area contributed by atoms with Crippen LogP contribution in [0.25, 0.3) is 0 Å². The van der Waals surface area contributed by atoms with Gasteiger partial charge in [-0.3, -0.25) is 4.90 Å². The van der Waals surface area contributed by atoms with E-state index in [0.717, 1.165) is 23.4 Å². The van der Waals surface area contributed by atoms with Crippen molar-refractivity contribution in [1.29, 1.82) is 0 Å². The Balaban J connectivity index is 1.58. The first-order valence-electron chi connectivity index (χ1n) is 14.5. The van der Waals surface area contributed by atoms with Crippen molar-refractivity contribution < 1.29 is 28.2 Å². The van der Waals surface area contributed by atoms with Crippen molar-refractivity contribution in [2.45, 2.75) is 96.0 Å². The smallest absolute Gasteiger partial charge is 0.411 e. The van der Waals surface area contributed by atoms with E-state index in [-0.39, 0.29) is 35.2 Å². The van der Waals surface area contributed by atoms with E-state index in [1.54, 1.807) is 6.07 Å². The van der Waals surface area contributed by atoms with Crippen LogP contribution in [0.15, 0.2) is 42.5 Å². The summed E-state index contributed by atoms with van der Waals surface area (Å²) in [7, 11) is -0.848. The van der Waals surface area contributed by atoms with Crippen LogP contribution < -0.4 is 9.64 Å². The second-order valence-corrected chi connectivity index (χ2v) is 18.7. The first-order valence-corrected chi connectivity index (χ1v) is 17.4. The molecule has 8 nitrogen and oxygen atoms in total. The van der Waals surface area contributed by atoms with E-state index in [2.05, 4.69) is 38.8 Å². The zero-order chi connectivity index (χ0) is 29.9. The van der Waals surface area contributed by atoms with Crippen LogP contribution in [0.3, 0.4) is 0 Å². The van der Waals surface area contributed by atoms with Gasteiger partial charge in [-0.15, -0.1) is 0 Å². The third kappa shape index (κ3) is 5.71. The summed E-state index contributed by atoms with van der Waals surface area (Å²) in [6.45, 7) is 18.6. The van der Waals surface area contributed by atoms with E-state index in [4.69, 9.17) is 18.6 Å². The fourth-order valence-corrected chi connectivity index (χ4v) is 7.12. The Morgan fingerprint density at radius 1 is 1.00 bits per heavy atom. The van der Waals surface area contributed by atoms with Gasteiger partial charge in [-0.1, -0.05) is 51.1 Å². The van der Waals surface area contributed by atoms with Crippen molar-refractivity contribution >= 4 is 26.1 Å². The van der Waals surface area contributed by atoms with Crippen LogP contribution in [0, 0.1) is 0 Å². The van der Waals surface area contributed by atoms with Gasteiger partial charge < -0.3 is 23.5 Å². The van der Waals surface area contributed by atoms with Gasteiger partial charge in [0, 0.05) is 30.3 Å². The fourth-order valence-electron chi connectivity index (χ4n) is 5.78. The number of methoxy groups -OCH3 is 1. The lowest BCUT2D eigenvalue weighted by Gasteiger charge is -2.41. The molecule has 0 saturated carbocycles. The molecule has 0 radical (unpaired) electrons. The highest BCUT2D eigenvalue weighted by Gasteiger charge is 2.64. The lowest BCUT2D eigenvalue weighted by molar-refractivity contribution is 0.0348. The Hall–Kier alpha value is -3.04. The molecule has 2 saturated heterocycles. The van der Waals surface area contributed by atoms with Crippen LogP contribution in [-0.4, -0.2) is 69.3 Å². The molecule has 1 amide bonds. The zero-order valence-corrected chi connectivity index (χ0v) is 26.8. The normalized spacial score (nSPS) is 23.3. The number of carbonyl (C=O) groups is 2. The maximum absolute atomic E-state index is 13.4.